The first-order valence-corrected chi connectivity index (χ1v) is 7.49. The van der Waals surface area contributed by atoms with Crippen molar-refractivity contribution in [1.82, 2.24) is 0 Å². The van der Waals surface area contributed by atoms with Gasteiger partial charge >= 0.3 is 5.97 Å². The van der Waals surface area contributed by atoms with Crippen LogP contribution in [0, 0.1) is 6.42 Å². The summed E-state index contributed by atoms with van der Waals surface area (Å²) >= 11 is 0. The van der Waals surface area contributed by atoms with Crippen LogP contribution in [0.5, 0.6) is 5.75 Å². The van der Waals surface area contributed by atoms with Gasteiger partial charge in [0.1, 0.15) is 5.75 Å². The minimum absolute atomic E-state index is 0.217. The van der Waals surface area contributed by atoms with E-state index in [0.717, 1.165) is 16.5 Å². The Kier molecular flexibility index (Phi) is 4.89. The van der Waals surface area contributed by atoms with Crippen molar-refractivity contribution in [3.05, 3.63) is 84.8 Å². The fourth-order valence-electron chi connectivity index (χ4n) is 2.34. The molecule has 23 heavy (non-hydrogen) atoms. The summed E-state index contributed by atoms with van der Waals surface area (Å²) in [7, 11) is 0. The van der Waals surface area contributed by atoms with Crippen molar-refractivity contribution in [2.75, 3.05) is 13.2 Å². The van der Waals surface area contributed by atoms with Gasteiger partial charge in [0, 0.05) is 6.42 Å². The Morgan fingerprint density at radius 1 is 0.826 bits per heavy atom. The average Bonchev–Trinajstić information content (AvgIpc) is 2.61. The Morgan fingerprint density at radius 2 is 1.57 bits per heavy atom. The number of ether oxygens (including phenoxy) is 2. The molecule has 0 amide bonds. The molecule has 0 aliphatic carbocycles. The molecule has 0 aliphatic rings. The maximum atomic E-state index is 12.2. The molecule has 0 N–H and O–H groups in total. The molecule has 0 bridgehead atoms. The highest BCUT2D eigenvalue weighted by molar-refractivity contribution is 6.04. The lowest BCUT2D eigenvalue weighted by atomic mass is 10.1. The quantitative estimate of drug-likeness (QED) is 0.503. The number of rotatable bonds is 6. The molecule has 0 aromatic heterocycles. The molecular formula is C20H17O3. The van der Waals surface area contributed by atoms with Crippen LogP contribution in [-0.2, 0) is 4.74 Å². The van der Waals surface area contributed by atoms with Gasteiger partial charge in [-0.15, -0.1) is 0 Å². The number of fused-ring (bicyclic) bond motifs is 1. The largest absolute Gasteiger partial charge is 0.493 e. The van der Waals surface area contributed by atoms with Crippen molar-refractivity contribution < 1.29 is 14.3 Å². The van der Waals surface area contributed by atoms with Crippen LogP contribution in [0.2, 0.25) is 0 Å². The summed E-state index contributed by atoms with van der Waals surface area (Å²) in [5.74, 6) is 0.474. The first-order chi connectivity index (χ1) is 11.3. The van der Waals surface area contributed by atoms with Crippen LogP contribution in [0.25, 0.3) is 10.8 Å². The second-order valence-corrected chi connectivity index (χ2v) is 5.04. The minimum Gasteiger partial charge on any atom is -0.493 e. The molecule has 0 fully saturated rings. The van der Waals surface area contributed by atoms with Crippen LogP contribution in [0.15, 0.2) is 72.8 Å². The molecule has 3 aromatic carbocycles. The van der Waals surface area contributed by atoms with Crippen LogP contribution in [0.3, 0.4) is 0 Å². The first-order valence-electron chi connectivity index (χ1n) is 7.49. The summed E-state index contributed by atoms with van der Waals surface area (Å²) in [5.41, 5.74) is 0.584. The lowest BCUT2D eigenvalue weighted by Gasteiger charge is -2.08. The summed E-state index contributed by atoms with van der Waals surface area (Å²) in [5, 5.41) is 1.93. The number of hydrogen-bond donors (Lipinski definition) is 0. The second kappa shape index (κ2) is 7.45. The van der Waals surface area contributed by atoms with E-state index >= 15 is 0 Å². The van der Waals surface area contributed by atoms with Crippen LogP contribution >= 0.6 is 0 Å². The van der Waals surface area contributed by atoms with E-state index in [1.165, 1.54) is 0 Å². The normalized spacial score (nSPS) is 10.4. The molecule has 115 valence electrons. The van der Waals surface area contributed by atoms with Gasteiger partial charge in [0.25, 0.3) is 0 Å². The Morgan fingerprint density at radius 3 is 2.43 bits per heavy atom. The van der Waals surface area contributed by atoms with Gasteiger partial charge < -0.3 is 9.47 Å². The predicted octanol–water partition coefficient (Wildman–Crippen LogP) is 4.28. The number of carbonyl (C=O) groups is 1. The van der Waals surface area contributed by atoms with Crippen molar-refractivity contribution in [3.8, 4) is 5.75 Å². The molecule has 0 spiro atoms. The second-order valence-electron chi connectivity index (χ2n) is 5.04. The Hall–Kier alpha value is -2.81. The predicted molar refractivity (Wildman–Crippen MR) is 90.5 cm³/mol. The smallest absolute Gasteiger partial charge is 0.338 e. The van der Waals surface area contributed by atoms with E-state index in [-0.39, 0.29) is 12.6 Å². The van der Waals surface area contributed by atoms with Crippen LogP contribution < -0.4 is 4.74 Å². The molecule has 3 nitrogen and oxygen atoms in total. The SMILES string of the molecule is O=C(OC[CH]COc1ccccc1)c1cccc2ccccc12. The van der Waals surface area contributed by atoms with Gasteiger partial charge in [-0.05, 0) is 29.0 Å². The van der Waals surface area contributed by atoms with Crippen LogP contribution in [-0.4, -0.2) is 19.2 Å². The molecule has 0 unspecified atom stereocenters. The van der Waals surface area contributed by atoms with Crippen LogP contribution in [0.4, 0.5) is 0 Å². The molecule has 0 saturated heterocycles. The van der Waals surface area contributed by atoms with Gasteiger partial charge in [-0.3, -0.25) is 0 Å². The zero-order valence-corrected chi connectivity index (χ0v) is 12.6. The first kappa shape index (κ1) is 15.1. The summed E-state index contributed by atoms with van der Waals surface area (Å²) in [6.07, 6.45) is 1.79. The average molecular weight is 305 g/mol. The van der Waals surface area contributed by atoms with Crippen LogP contribution in [0.1, 0.15) is 10.4 Å². The maximum absolute atomic E-state index is 12.2. The van der Waals surface area contributed by atoms with Crippen molar-refractivity contribution in [1.29, 1.82) is 0 Å². The van der Waals surface area contributed by atoms with Gasteiger partial charge in [-0.1, -0.05) is 54.6 Å². The Labute approximate surface area is 135 Å². The zero-order valence-electron chi connectivity index (χ0n) is 12.6. The van der Waals surface area contributed by atoms with Crippen molar-refractivity contribution in [2.45, 2.75) is 0 Å². The molecule has 3 heteroatoms. The van der Waals surface area contributed by atoms with Gasteiger partial charge in [0.2, 0.25) is 0 Å². The lowest BCUT2D eigenvalue weighted by molar-refractivity contribution is 0.0531. The summed E-state index contributed by atoms with van der Waals surface area (Å²) in [6.45, 7) is 0.613. The van der Waals surface area contributed by atoms with Gasteiger partial charge in [0.05, 0.1) is 18.8 Å². The van der Waals surface area contributed by atoms with Crippen molar-refractivity contribution in [3.63, 3.8) is 0 Å². The highest BCUT2D eigenvalue weighted by Gasteiger charge is 2.10. The molecule has 3 rings (SSSR count). The van der Waals surface area contributed by atoms with Gasteiger partial charge in [-0.25, -0.2) is 4.79 Å². The van der Waals surface area contributed by atoms with E-state index in [0.29, 0.717) is 12.2 Å². The highest BCUT2D eigenvalue weighted by atomic mass is 16.5. The summed E-state index contributed by atoms with van der Waals surface area (Å²) < 4.78 is 10.8. The lowest BCUT2D eigenvalue weighted by Crippen LogP contribution is -2.10. The van der Waals surface area contributed by atoms with Gasteiger partial charge in [-0.2, -0.15) is 0 Å². The standard InChI is InChI=1S/C20H17O3/c21-20(19-13-6-9-16-8-4-5-12-18(16)19)23-15-7-14-22-17-10-2-1-3-11-17/h1-13H,14-15H2. The molecule has 1 radical (unpaired) electrons. The zero-order chi connectivity index (χ0) is 15.9. The van der Waals surface area contributed by atoms with E-state index in [2.05, 4.69) is 0 Å². The molecular weight excluding hydrogens is 288 g/mol. The van der Waals surface area contributed by atoms with E-state index in [4.69, 9.17) is 9.47 Å². The van der Waals surface area contributed by atoms with Crippen molar-refractivity contribution in [2.24, 2.45) is 0 Å². The highest BCUT2D eigenvalue weighted by Crippen LogP contribution is 2.19. The number of esters is 1. The molecule has 0 saturated carbocycles. The maximum Gasteiger partial charge on any atom is 0.338 e. The Bertz CT molecular complexity index is 776. The Balaban J connectivity index is 1.51. The van der Waals surface area contributed by atoms with Crippen molar-refractivity contribution >= 4 is 16.7 Å². The van der Waals surface area contributed by atoms with E-state index < -0.39 is 0 Å². The topological polar surface area (TPSA) is 35.5 Å². The number of hydrogen-bond acceptors (Lipinski definition) is 3. The van der Waals surface area contributed by atoms with Gasteiger partial charge in [0.15, 0.2) is 0 Å². The third kappa shape index (κ3) is 3.89. The monoisotopic (exact) mass is 305 g/mol. The third-order valence-corrected chi connectivity index (χ3v) is 3.45. The molecule has 0 aliphatic heterocycles. The molecule has 3 aromatic rings. The van der Waals surface area contributed by atoms with E-state index in [1.54, 1.807) is 12.5 Å². The minimum atomic E-state index is -0.322. The van der Waals surface area contributed by atoms with E-state index in [9.17, 15) is 4.79 Å². The van der Waals surface area contributed by atoms with E-state index in [1.807, 2.05) is 66.7 Å². The fourth-order valence-corrected chi connectivity index (χ4v) is 2.34. The number of carbonyl (C=O) groups excluding carboxylic acids is 1. The third-order valence-electron chi connectivity index (χ3n) is 3.45. The fraction of sp³-hybridized carbons (Fsp3) is 0.100. The molecule has 0 atom stereocenters. The molecule has 0 heterocycles. The number of benzene rings is 3. The number of para-hydroxylation sites is 1. The summed E-state index contributed by atoms with van der Waals surface area (Å²) in [6, 6.07) is 22.9. The summed E-state index contributed by atoms with van der Waals surface area (Å²) in [4.78, 5) is 12.2.